The van der Waals surface area contributed by atoms with Crippen molar-refractivity contribution in [3.8, 4) is 5.75 Å². The van der Waals surface area contributed by atoms with Crippen LogP contribution in [0.3, 0.4) is 0 Å². The number of benzene rings is 3. The average Bonchev–Trinajstić information content (AvgIpc) is 3.39. The zero-order chi connectivity index (χ0) is 28.8. The summed E-state index contributed by atoms with van der Waals surface area (Å²) in [4.78, 5) is 28.1. The number of carbonyl (C=O) groups excluding carboxylic acids is 1. The molecule has 4 aromatic rings. The molecule has 0 bridgehead atoms. The Balaban J connectivity index is 1.37. The van der Waals surface area contributed by atoms with E-state index in [0.717, 1.165) is 60.6 Å². The van der Waals surface area contributed by atoms with Gasteiger partial charge in [0.1, 0.15) is 12.4 Å². The topological polar surface area (TPSA) is 98.0 Å². The van der Waals surface area contributed by atoms with E-state index in [1.54, 1.807) is 4.68 Å². The molecule has 1 aliphatic rings. The third-order valence-electron chi connectivity index (χ3n) is 7.30. The number of amides is 1. The van der Waals surface area contributed by atoms with Crippen LogP contribution in [0.2, 0.25) is 0 Å². The molecule has 2 heterocycles. The van der Waals surface area contributed by atoms with Crippen molar-refractivity contribution in [3.05, 3.63) is 94.7 Å². The molecule has 1 N–H and O–H groups in total. The predicted molar refractivity (Wildman–Crippen MR) is 160 cm³/mol. The molecule has 9 heteroatoms. The van der Waals surface area contributed by atoms with Crippen molar-refractivity contribution >= 4 is 22.4 Å². The van der Waals surface area contributed by atoms with E-state index in [1.807, 2.05) is 93.6 Å². The van der Waals surface area contributed by atoms with Crippen LogP contribution < -0.4 is 10.1 Å². The van der Waals surface area contributed by atoms with Gasteiger partial charge in [0, 0.05) is 41.5 Å². The minimum absolute atomic E-state index is 0.269. The van der Waals surface area contributed by atoms with Crippen LogP contribution in [0.15, 0.2) is 78.0 Å². The van der Waals surface area contributed by atoms with Crippen LogP contribution in [0.1, 0.15) is 43.8 Å². The fraction of sp³-hybridized carbons (Fsp3) is 0.375. The molecule has 1 amide bonds. The van der Waals surface area contributed by atoms with Crippen molar-refractivity contribution in [1.29, 1.82) is 0 Å². The van der Waals surface area contributed by atoms with E-state index >= 15 is 0 Å². The van der Waals surface area contributed by atoms with Gasteiger partial charge in [-0.3, -0.25) is 14.4 Å². The number of hydrogen-bond donors (Lipinski definition) is 1. The molecule has 41 heavy (non-hydrogen) atoms. The van der Waals surface area contributed by atoms with Crippen molar-refractivity contribution in [2.45, 2.75) is 38.8 Å². The van der Waals surface area contributed by atoms with Crippen molar-refractivity contribution in [2.75, 3.05) is 44.8 Å². The molecule has 1 saturated heterocycles. The summed E-state index contributed by atoms with van der Waals surface area (Å²) in [7, 11) is 0. The average molecular weight is 556 g/mol. The minimum Gasteiger partial charge on any atom is -0.492 e. The zero-order valence-electron chi connectivity index (χ0n) is 23.9. The number of anilines is 1. The number of morpholine rings is 1. The molecule has 0 aliphatic carbocycles. The molecule has 214 valence electrons. The fourth-order valence-electron chi connectivity index (χ4n) is 4.95. The van der Waals surface area contributed by atoms with Crippen molar-refractivity contribution in [3.63, 3.8) is 0 Å². The van der Waals surface area contributed by atoms with Crippen molar-refractivity contribution < 1.29 is 14.3 Å². The summed E-state index contributed by atoms with van der Waals surface area (Å²) in [6.45, 7) is 11.2. The van der Waals surface area contributed by atoms with Gasteiger partial charge < -0.3 is 14.8 Å². The molecule has 1 aromatic heterocycles. The largest absolute Gasteiger partial charge is 0.492 e. The predicted octanol–water partition coefficient (Wildman–Crippen LogP) is 5.54. The van der Waals surface area contributed by atoms with E-state index in [4.69, 9.17) is 14.6 Å². The van der Waals surface area contributed by atoms with Crippen LogP contribution in [0.25, 0.3) is 10.8 Å². The highest BCUT2D eigenvalue weighted by atomic mass is 16.5. The molecule has 0 spiro atoms. The third-order valence-corrected chi connectivity index (χ3v) is 7.30. The number of nitroso groups, excluding NO2 is 1. The van der Waals surface area contributed by atoms with Gasteiger partial charge in [-0.05, 0) is 28.9 Å². The highest BCUT2D eigenvalue weighted by molar-refractivity contribution is 6.05. The summed E-state index contributed by atoms with van der Waals surface area (Å²) in [5.74, 6) is 0.230. The number of rotatable bonds is 10. The second-order valence-electron chi connectivity index (χ2n) is 11.3. The molecular formula is C32H37N5O4. The smallest absolute Gasteiger partial charge is 0.259 e. The maximum atomic E-state index is 13.6. The summed E-state index contributed by atoms with van der Waals surface area (Å²) in [5.41, 5.74) is 2.57. The quantitative estimate of drug-likeness (QED) is 0.258. The molecule has 1 aliphatic heterocycles. The molecule has 9 nitrogen and oxygen atoms in total. The second-order valence-corrected chi connectivity index (χ2v) is 11.3. The number of nitrogens with one attached hydrogen (secondary N) is 1. The van der Waals surface area contributed by atoms with Crippen LogP contribution in [-0.2, 0) is 21.5 Å². The van der Waals surface area contributed by atoms with E-state index in [9.17, 15) is 9.70 Å². The number of nitrogens with zero attached hydrogens (tertiary/aromatic N) is 4. The van der Waals surface area contributed by atoms with Gasteiger partial charge in [0.05, 0.1) is 31.1 Å². The van der Waals surface area contributed by atoms with Gasteiger partial charge in [-0.1, -0.05) is 75.4 Å². The maximum Gasteiger partial charge on any atom is 0.259 e. The number of aromatic nitrogens is 2. The molecule has 0 radical (unpaired) electrons. The Labute approximate surface area is 240 Å². The number of ether oxygens (including phenoxy) is 2. The van der Waals surface area contributed by atoms with Gasteiger partial charge in [-0.2, -0.15) is 5.10 Å². The van der Waals surface area contributed by atoms with Crippen LogP contribution >= 0.6 is 0 Å². The monoisotopic (exact) mass is 555 g/mol. The van der Waals surface area contributed by atoms with Gasteiger partial charge in [-0.15, -0.1) is 4.91 Å². The van der Waals surface area contributed by atoms with Crippen LogP contribution in [0.4, 0.5) is 5.69 Å². The molecule has 5 rings (SSSR count). The molecule has 3 aromatic carbocycles. The highest BCUT2D eigenvalue weighted by Gasteiger charge is 2.30. The molecule has 1 atom stereocenters. The van der Waals surface area contributed by atoms with Crippen molar-refractivity contribution in [2.24, 2.45) is 5.18 Å². The summed E-state index contributed by atoms with van der Waals surface area (Å²) < 4.78 is 13.3. The Morgan fingerprint density at radius 2 is 1.73 bits per heavy atom. The SMILES string of the molecule is CC(C)(C)c1cc(C(N=O)C(=O)Nc2ccc(OCCN3CCOCC3)c3ccccc23)n(Cc2ccccc2)n1. The minimum atomic E-state index is -1.27. The molecule has 1 fully saturated rings. The third kappa shape index (κ3) is 6.81. The van der Waals surface area contributed by atoms with Crippen molar-refractivity contribution in [1.82, 2.24) is 14.7 Å². The lowest BCUT2D eigenvalue weighted by molar-refractivity contribution is -0.117. The van der Waals surface area contributed by atoms with E-state index in [-0.39, 0.29) is 5.41 Å². The van der Waals surface area contributed by atoms with E-state index < -0.39 is 11.9 Å². The lowest BCUT2D eigenvalue weighted by atomic mass is 9.92. The summed E-state index contributed by atoms with van der Waals surface area (Å²) in [6, 6.07) is 21.8. The first-order valence-electron chi connectivity index (χ1n) is 14.0. The fourth-order valence-corrected chi connectivity index (χ4v) is 4.95. The number of carbonyl (C=O) groups is 1. The Kier molecular flexibility index (Phi) is 8.75. The first-order chi connectivity index (χ1) is 19.8. The number of hydrogen-bond acceptors (Lipinski definition) is 7. The lowest BCUT2D eigenvalue weighted by Crippen LogP contribution is -2.38. The number of fused-ring (bicyclic) bond motifs is 1. The highest BCUT2D eigenvalue weighted by Crippen LogP contribution is 2.33. The van der Waals surface area contributed by atoms with Gasteiger partial charge in [0.2, 0.25) is 6.04 Å². The Bertz CT molecular complexity index is 1490. The Hall–Kier alpha value is -4.08. The van der Waals surface area contributed by atoms with Gasteiger partial charge >= 0.3 is 0 Å². The normalized spacial score (nSPS) is 15.0. The van der Waals surface area contributed by atoms with Crippen LogP contribution in [0, 0.1) is 4.91 Å². The van der Waals surface area contributed by atoms with E-state index in [2.05, 4.69) is 15.4 Å². The molecule has 0 saturated carbocycles. The Morgan fingerprint density at radius 3 is 2.44 bits per heavy atom. The van der Waals surface area contributed by atoms with E-state index in [1.165, 1.54) is 0 Å². The zero-order valence-corrected chi connectivity index (χ0v) is 23.9. The first-order valence-corrected chi connectivity index (χ1v) is 14.0. The summed E-state index contributed by atoms with van der Waals surface area (Å²) in [6.07, 6.45) is 0. The second kappa shape index (κ2) is 12.6. The van der Waals surface area contributed by atoms with Gasteiger partial charge in [-0.25, -0.2) is 0 Å². The summed E-state index contributed by atoms with van der Waals surface area (Å²) >= 11 is 0. The van der Waals surface area contributed by atoms with Crippen LogP contribution in [0.5, 0.6) is 5.75 Å². The first kappa shape index (κ1) is 28.4. The maximum absolute atomic E-state index is 13.6. The molecule has 1 unspecified atom stereocenters. The lowest BCUT2D eigenvalue weighted by Gasteiger charge is -2.26. The molecular weight excluding hydrogens is 518 g/mol. The Morgan fingerprint density at radius 1 is 1.02 bits per heavy atom. The van der Waals surface area contributed by atoms with E-state index in [0.29, 0.717) is 24.5 Å². The standard InChI is InChI=1S/C32H37N5O4/c1-32(2,3)29-21-27(37(34-29)22-23-9-5-4-6-10-23)30(35-39)31(38)33-26-13-14-28(25-12-8-7-11-24(25)26)41-20-17-36-15-18-40-19-16-36/h4-14,21,30H,15-20,22H2,1-3H3,(H,33,38). The van der Waals surface area contributed by atoms with Gasteiger partial charge in [0.25, 0.3) is 5.91 Å². The van der Waals surface area contributed by atoms with Gasteiger partial charge in [0.15, 0.2) is 0 Å². The summed E-state index contributed by atoms with van der Waals surface area (Å²) in [5, 5.41) is 12.7. The van der Waals surface area contributed by atoms with Crippen LogP contribution in [-0.4, -0.2) is 60.0 Å².